The maximum Gasteiger partial charge on any atom is 0.311 e. The average molecular weight is 281 g/mol. The van der Waals surface area contributed by atoms with Crippen molar-refractivity contribution in [2.24, 2.45) is 0 Å². The van der Waals surface area contributed by atoms with Crippen LogP contribution >= 0.6 is 0 Å². The molecular weight excluding hydrogens is 262 g/mol. The number of aromatic hydroxyl groups is 1. The molecule has 0 aromatic heterocycles. The van der Waals surface area contributed by atoms with E-state index in [1.165, 1.54) is 12.1 Å². The molecule has 110 valence electrons. The van der Waals surface area contributed by atoms with Crippen molar-refractivity contribution >= 4 is 11.6 Å². The van der Waals surface area contributed by atoms with Crippen LogP contribution in [0.4, 0.5) is 5.69 Å². The summed E-state index contributed by atoms with van der Waals surface area (Å²) in [5.41, 5.74) is -0.544. The molecule has 0 atom stereocenters. The molecule has 0 aliphatic carbocycles. The molecule has 7 nitrogen and oxygen atoms in total. The number of carbonyl (C=O) groups is 1. The van der Waals surface area contributed by atoms with Crippen LogP contribution in [0.5, 0.6) is 5.75 Å². The van der Waals surface area contributed by atoms with Crippen LogP contribution in [-0.4, -0.2) is 48.0 Å². The van der Waals surface area contributed by atoms with E-state index in [2.05, 4.69) is 5.32 Å². The highest BCUT2D eigenvalue weighted by atomic mass is 16.6. The van der Waals surface area contributed by atoms with Crippen LogP contribution in [0.3, 0.4) is 0 Å². The smallest absolute Gasteiger partial charge is 0.311 e. The summed E-state index contributed by atoms with van der Waals surface area (Å²) in [7, 11) is 3.94. The summed E-state index contributed by atoms with van der Waals surface area (Å²) in [5.74, 6) is -1.10. The highest BCUT2D eigenvalue weighted by Gasteiger charge is 2.20. The molecule has 0 saturated heterocycles. The predicted octanol–water partition coefficient (Wildman–Crippen LogP) is 1.37. The molecule has 0 unspecified atom stereocenters. The fraction of sp³-hybridized carbons (Fsp3) is 0.462. The van der Waals surface area contributed by atoms with Gasteiger partial charge in [-0.2, -0.15) is 0 Å². The summed E-state index contributed by atoms with van der Waals surface area (Å²) in [4.78, 5) is 23.8. The van der Waals surface area contributed by atoms with Gasteiger partial charge in [0.2, 0.25) is 5.75 Å². The van der Waals surface area contributed by atoms with E-state index in [-0.39, 0.29) is 5.56 Å². The number of hydrogen-bond acceptors (Lipinski definition) is 5. The van der Waals surface area contributed by atoms with Gasteiger partial charge >= 0.3 is 5.69 Å². The predicted molar refractivity (Wildman–Crippen MR) is 74.9 cm³/mol. The first-order chi connectivity index (χ1) is 9.43. The molecule has 20 heavy (non-hydrogen) atoms. The van der Waals surface area contributed by atoms with Crippen molar-refractivity contribution in [3.63, 3.8) is 0 Å². The first kappa shape index (κ1) is 15.9. The number of hydrogen-bond donors (Lipinski definition) is 2. The van der Waals surface area contributed by atoms with Crippen molar-refractivity contribution in [3.8, 4) is 5.75 Å². The average Bonchev–Trinajstić information content (AvgIpc) is 2.37. The third kappa shape index (κ3) is 4.51. The second-order valence-corrected chi connectivity index (χ2v) is 4.70. The van der Waals surface area contributed by atoms with Gasteiger partial charge in [-0.1, -0.05) is 6.07 Å². The third-order valence-corrected chi connectivity index (χ3v) is 2.77. The Morgan fingerprint density at radius 3 is 2.70 bits per heavy atom. The molecule has 0 spiro atoms. The lowest BCUT2D eigenvalue weighted by atomic mass is 10.1. The fourth-order valence-corrected chi connectivity index (χ4v) is 1.71. The molecule has 1 amide bonds. The van der Waals surface area contributed by atoms with Gasteiger partial charge in [0.15, 0.2) is 0 Å². The minimum Gasteiger partial charge on any atom is -0.502 e. The number of rotatable bonds is 7. The standard InChI is InChI=1S/C13H19N3O4/c1-15(2)9-4-3-8-14-13(18)10-6-5-7-11(12(10)17)16(19)20/h5-7,17H,3-4,8-9H2,1-2H3,(H,14,18). The number of phenols is 1. The Bertz CT molecular complexity index is 489. The van der Waals surface area contributed by atoms with Gasteiger partial charge in [-0.05, 0) is 39.5 Å². The summed E-state index contributed by atoms with van der Waals surface area (Å²) in [5, 5.41) is 23.0. The maximum absolute atomic E-state index is 11.8. The molecule has 7 heteroatoms. The van der Waals surface area contributed by atoms with Crippen molar-refractivity contribution in [1.29, 1.82) is 0 Å². The zero-order chi connectivity index (χ0) is 15.1. The largest absolute Gasteiger partial charge is 0.502 e. The molecular formula is C13H19N3O4. The Kier molecular flexibility index (Phi) is 5.92. The quantitative estimate of drug-likeness (QED) is 0.447. The van der Waals surface area contributed by atoms with Crippen LogP contribution < -0.4 is 5.32 Å². The van der Waals surface area contributed by atoms with Gasteiger partial charge in [-0.25, -0.2) is 0 Å². The molecule has 1 rings (SSSR count). The Hall–Kier alpha value is -2.15. The number of benzene rings is 1. The highest BCUT2D eigenvalue weighted by molar-refractivity contribution is 5.98. The molecule has 0 aliphatic heterocycles. The SMILES string of the molecule is CN(C)CCCCNC(=O)c1cccc([N+](=O)[O-])c1O. The van der Waals surface area contributed by atoms with Gasteiger partial charge in [-0.15, -0.1) is 0 Å². The number of nitrogens with one attached hydrogen (secondary N) is 1. The van der Waals surface area contributed by atoms with Crippen molar-refractivity contribution in [2.75, 3.05) is 27.2 Å². The van der Waals surface area contributed by atoms with Crippen molar-refractivity contribution in [1.82, 2.24) is 10.2 Å². The molecule has 0 aliphatic rings. The van der Waals surface area contributed by atoms with E-state index in [9.17, 15) is 20.0 Å². The number of para-hydroxylation sites is 1. The second-order valence-electron chi connectivity index (χ2n) is 4.70. The topological polar surface area (TPSA) is 95.7 Å². The first-order valence-corrected chi connectivity index (χ1v) is 6.32. The maximum atomic E-state index is 11.8. The summed E-state index contributed by atoms with van der Waals surface area (Å²) < 4.78 is 0. The highest BCUT2D eigenvalue weighted by Crippen LogP contribution is 2.28. The Morgan fingerprint density at radius 1 is 1.40 bits per heavy atom. The van der Waals surface area contributed by atoms with Crippen LogP contribution in [0.2, 0.25) is 0 Å². The molecule has 2 N–H and O–H groups in total. The number of nitro benzene ring substituents is 1. The number of amides is 1. The summed E-state index contributed by atoms with van der Waals surface area (Å²) in [6.45, 7) is 1.40. The zero-order valence-electron chi connectivity index (χ0n) is 11.6. The summed E-state index contributed by atoms with van der Waals surface area (Å²) >= 11 is 0. The number of phenolic OH excluding ortho intramolecular Hbond substituents is 1. The van der Waals surface area contributed by atoms with Crippen LogP contribution in [0.15, 0.2) is 18.2 Å². The van der Waals surface area contributed by atoms with Gasteiger partial charge in [0.25, 0.3) is 5.91 Å². The fourth-order valence-electron chi connectivity index (χ4n) is 1.71. The molecule has 0 fully saturated rings. The van der Waals surface area contributed by atoms with E-state index in [0.29, 0.717) is 6.54 Å². The third-order valence-electron chi connectivity index (χ3n) is 2.77. The Morgan fingerprint density at radius 2 is 2.10 bits per heavy atom. The molecule has 0 saturated carbocycles. The van der Waals surface area contributed by atoms with Gasteiger partial charge in [0.05, 0.1) is 10.5 Å². The van der Waals surface area contributed by atoms with Crippen LogP contribution in [0.1, 0.15) is 23.2 Å². The molecule has 1 aromatic carbocycles. The number of carbonyl (C=O) groups excluding carboxylic acids is 1. The molecule has 0 heterocycles. The zero-order valence-corrected chi connectivity index (χ0v) is 11.6. The van der Waals surface area contributed by atoms with Gasteiger partial charge in [-0.3, -0.25) is 14.9 Å². The van der Waals surface area contributed by atoms with Crippen molar-refractivity contribution in [3.05, 3.63) is 33.9 Å². The van der Waals surface area contributed by atoms with E-state index in [1.807, 2.05) is 19.0 Å². The number of nitrogens with zero attached hydrogens (tertiary/aromatic N) is 2. The van der Waals surface area contributed by atoms with E-state index in [4.69, 9.17) is 0 Å². The van der Waals surface area contributed by atoms with E-state index < -0.39 is 22.3 Å². The molecule has 0 bridgehead atoms. The lowest BCUT2D eigenvalue weighted by Crippen LogP contribution is -2.25. The number of nitro groups is 1. The minimum absolute atomic E-state index is 0.0770. The van der Waals surface area contributed by atoms with Crippen molar-refractivity contribution < 1.29 is 14.8 Å². The van der Waals surface area contributed by atoms with E-state index in [0.717, 1.165) is 25.5 Å². The minimum atomic E-state index is -0.719. The normalized spacial score (nSPS) is 10.6. The first-order valence-electron chi connectivity index (χ1n) is 6.32. The lowest BCUT2D eigenvalue weighted by Gasteiger charge is -2.10. The summed E-state index contributed by atoms with van der Waals surface area (Å²) in [6, 6.07) is 3.89. The van der Waals surface area contributed by atoms with Gasteiger partial charge in [0, 0.05) is 12.6 Å². The van der Waals surface area contributed by atoms with Crippen molar-refractivity contribution in [2.45, 2.75) is 12.8 Å². The Labute approximate surface area is 117 Å². The van der Waals surface area contributed by atoms with E-state index >= 15 is 0 Å². The monoisotopic (exact) mass is 281 g/mol. The van der Waals surface area contributed by atoms with Gasteiger partial charge < -0.3 is 15.3 Å². The lowest BCUT2D eigenvalue weighted by molar-refractivity contribution is -0.385. The summed E-state index contributed by atoms with van der Waals surface area (Å²) in [6.07, 6.45) is 1.74. The second kappa shape index (κ2) is 7.44. The van der Waals surface area contributed by atoms with Crippen LogP contribution in [0.25, 0.3) is 0 Å². The van der Waals surface area contributed by atoms with Crippen LogP contribution in [-0.2, 0) is 0 Å². The van der Waals surface area contributed by atoms with Gasteiger partial charge in [0.1, 0.15) is 0 Å². The Balaban J connectivity index is 2.56. The van der Waals surface area contributed by atoms with E-state index in [1.54, 1.807) is 0 Å². The molecule has 0 radical (unpaired) electrons. The number of unbranched alkanes of at least 4 members (excludes halogenated alkanes) is 1. The molecule has 1 aromatic rings. The van der Waals surface area contributed by atoms with Crippen LogP contribution in [0, 0.1) is 10.1 Å².